The van der Waals surface area contributed by atoms with E-state index in [4.69, 9.17) is 9.47 Å². The summed E-state index contributed by atoms with van der Waals surface area (Å²) in [6, 6.07) is 10.7. The van der Waals surface area contributed by atoms with E-state index in [-0.39, 0.29) is 18.4 Å². The summed E-state index contributed by atoms with van der Waals surface area (Å²) >= 11 is 0. The molecule has 0 aliphatic carbocycles. The monoisotopic (exact) mass is 341 g/mol. The summed E-state index contributed by atoms with van der Waals surface area (Å²) in [5.41, 5.74) is 1.47. The largest absolute Gasteiger partial charge is 0.481 e. The molecule has 0 fully saturated rings. The molecule has 2 aromatic rings. The van der Waals surface area contributed by atoms with E-state index in [2.05, 4.69) is 10.3 Å². The molecular formula is C18H19N3O4. The smallest absolute Gasteiger partial charge is 0.268 e. The second-order valence-corrected chi connectivity index (χ2v) is 5.64. The van der Waals surface area contributed by atoms with Crippen molar-refractivity contribution in [3.8, 4) is 11.6 Å². The van der Waals surface area contributed by atoms with Gasteiger partial charge in [0, 0.05) is 18.8 Å². The van der Waals surface area contributed by atoms with Crippen molar-refractivity contribution >= 4 is 17.5 Å². The van der Waals surface area contributed by atoms with Gasteiger partial charge in [0.25, 0.3) is 5.91 Å². The van der Waals surface area contributed by atoms with Gasteiger partial charge in [-0.05, 0) is 30.7 Å². The fourth-order valence-electron chi connectivity index (χ4n) is 2.59. The highest BCUT2D eigenvalue weighted by Crippen LogP contribution is 2.33. The molecule has 2 amide bonds. The second kappa shape index (κ2) is 7.21. The molecule has 1 aromatic carbocycles. The predicted octanol–water partition coefficient (Wildman–Crippen LogP) is 1.52. The van der Waals surface area contributed by atoms with E-state index in [1.807, 2.05) is 6.07 Å². The number of anilines is 1. The summed E-state index contributed by atoms with van der Waals surface area (Å²) in [5.74, 6) is 0.589. The SMILES string of the molecule is COc1cc(CNC(=O)CN2C(=O)C(C)Oc3ccccc32)ccn1. The Kier molecular flexibility index (Phi) is 4.83. The topological polar surface area (TPSA) is 80.8 Å². The lowest BCUT2D eigenvalue weighted by Gasteiger charge is -2.32. The number of carbonyl (C=O) groups excluding carboxylic acids is 2. The zero-order chi connectivity index (χ0) is 17.8. The number of benzene rings is 1. The molecule has 1 aliphatic rings. The molecule has 0 bridgehead atoms. The van der Waals surface area contributed by atoms with E-state index in [1.165, 1.54) is 12.0 Å². The van der Waals surface area contributed by atoms with E-state index in [0.29, 0.717) is 23.9 Å². The molecule has 1 aromatic heterocycles. The average Bonchev–Trinajstić information content (AvgIpc) is 2.64. The third-order valence-electron chi connectivity index (χ3n) is 3.87. The van der Waals surface area contributed by atoms with Crippen LogP contribution in [0.25, 0.3) is 0 Å². The molecule has 0 spiro atoms. The summed E-state index contributed by atoms with van der Waals surface area (Å²) in [6.07, 6.45) is 0.996. The van der Waals surface area contributed by atoms with Crippen LogP contribution in [0, 0.1) is 0 Å². The van der Waals surface area contributed by atoms with Crippen molar-refractivity contribution in [2.45, 2.75) is 19.6 Å². The zero-order valence-corrected chi connectivity index (χ0v) is 14.1. The van der Waals surface area contributed by atoms with Crippen molar-refractivity contribution in [1.82, 2.24) is 10.3 Å². The van der Waals surface area contributed by atoms with Crippen LogP contribution in [-0.4, -0.2) is 36.6 Å². The van der Waals surface area contributed by atoms with Gasteiger partial charge in [-0.2, -0.15) is 0 Å². The number of carbonyl (C=O) groups is 2. The molecule has 0 saturated heterocycles. The van der Waals surface area contributed by atoms with Crippen molar-refractivity contribution in [1.29, 1.82) is 0 Å². The van der Waals surface area contributed by atoms with Crippen LogP contribution in [0.15, 0.2) is 42.6 Å². The van der Waals surface area contributed by atoms with Gasteiger partial charge >= 0.3 is 0 Å². The number of aromatic nitrogens is 1. The lowest BCUT2D eigenvalue weighted by Crippen LogP contribution is -2.48. The number of hydrogen-bond donors (Lipinski definition) is 1. The Morgan fingerprint density at radius 1 is 1.36 bits per heavy atom. The number of amides is 2. The van der Waals surface area contributed by atoms with Gasteiger partial charge in [0.15, 0.2) is 6.10 Å². The maximum Gasteiger partial charge on any atom is 0.268 e. The fourth-order valence-corrected chi connectivity index (χ4v) is 2.59. The molecular weight excluding hydrogens is 322 g/mol. The number of hydrogen-bond acceptors (Lipinski definition) is 5. The van der Waals surface area contributed by atoms with Gasteiger partial charge in [0.2, 0.25) is 11.8 Å². The van der Waals surface area contributed by atoms with Gasteiger partial charge < -0.3 is 14.8 Å². The van der Waals surface area contributed by atoms with Crippen molar-refractivity contribution in [2.24, 2.45) is 0 Å². The summed E-state index contributed by atoms with van der Waals surface area (Å²) in [7, 11) is 1.54. The molecule has 1 aliphatic heterocycles. The minimum atomic E-state index is -0.618. The first-order valence-electron chi connectivity index (χ1n) is 7.91. The second-order valence-electron chi connectivity index (χ2n) is 5.64. The highest BCUT2D eigenvalue weighted by atomic mass is 16.5. The number of pyridine rings is 1. The molecule has 7 heteroatoms. The van der Waals surface area contributed by atoms with Crippen molar-refractivity contribution in [2.75, 3.05) is 18.6 Å². The molecule has 1 N–H and O–H groups in total. The molecule has 25 heavy (non-hydrogen) atoms. The van der Waals surface area contributed by atoms with Gasteiger partial charge in [0.05, 0.1) is 12.8 Å². The van der Waals surface area contributed by atoms with Crippen LogP contribution in [0.3, 0.4) is 0 Å². The van der Waals surface area contributed by atoms with Crippen LogP contribution in [0.2, 0.25) is 0 Å². The maximum absolute atomic E-state index is 12.4. The summed E-state index contributed by atoms with van der Waals surface area (Å²) < 4.78 is 10.6. The van der Waals surface area contributed by atoms with E-state index in [1.54, 1.807) is 43.5 Å². The highest BCUT2D eigenvalue weighted by Gasteiger charge is 2.32. The van der Waals surface area contributed by atoms with Gasteiger partial charge in [-0.1, -0.05) is 12.1 Å². The molecule has 0 radical (unpaired) electrons. The van der Waals surface area contributed by atoms with E-state index < -0.39 is 6.10 Å². The number of rotatable bonds is 5. The van der Waals surface area contributed by atoms with E-state index in [9.17, 15) is 9.59 Å². The number of nitrogens with one attached hydrogen (secondary N) is 1. The fraction of sp³-hybridized carbons (Fsp3) is 0.278. The minimum absolute atomic E-state index is 0.0637. The summed E-state index contributed by atoms with van der Waals surface area (Å²) in [5, 5.41) is 2.81. The maximum atomic E-state index is 12.4. The Bertz CT molecular complexity index is 793. The van der Waals surface area contributed by atoms with Crippen LogP contribution in [0.1, 0.15) is 12.5 Å². The molecule has 130 valence electrons. The lowest BCUT2D eigenvalue weighted by molar-refractivity contribution is -0.128. The van der Waals surface area contributed by atoms with Gasteiger partial charge in [-0.25, -0.2) is 4.98 Å². The van der Waals surface area contributed by atoms with Crippen LogP contribution in [0.4, 0.5) is 5.69 Å². The number of para-hydroxylation sites is 2. The first kappa shape index (κ1) is 16.8. The van der Waals surface area contributed by atoms with Gasteiger partial charge in [-0.3, -0.25) is 14.5 Å². The predicted molar refractivity (Wildman–Crippen MR) is 91.5 cm³/mol. The quantitative estimate of drug-likeness (QED) is 0.892. The van der Waals surface area contributed by atoms with Crippen molar-refractivity contribution in [3.05, 3.63) is 48.2 Å². The minimum Gasteiger partial charge on any atom is -0.481 e. The standard InChI is InChI=1S/C18H19N3O4/c1-12-18(23)21(14-5-3-4-6-15(14)25-12)11-16(22)20-10-13-7-8-19-17(9-13)24-2/h3-9,12H,10-11H2,1-2H3,(H,20,22). The Hall–Kier alpha value is -3.09. The summed E-state index contributed by atoms with van der Waals surface area (Å²) in [4.78, 5) is 30.2. The molecule has 1 atom stereocenters. The van der Waals surface area contributed by atoms with Gasteiger partial charge in [-0.15, -0.1) is 0 Å². The van der Waals surface area contributed by atoms with E-state index >= 15 is 0 Å². The van der Waals surface area contributed by atoms with Crippen molar-refractivity contribution < 1.29 is 19.1 Å². The molecule has 7 nitrogen and oxygen atoms in total. The van der Waals surface area contributed by atoms with Crippen molar-refractivity contribution in [3.63, 3.8) is 0 Å². The average molecular weight is 341 g/mol. The molecule has 1 unspecified atom stereocenters. The normalized spacial score (nSPS) is 16.0. The zero-order valence-electron chi connectivity index (χ0n) is 14.1. The Morgan fingerprint density at radius 2 is 2.16 bits per heavy atom. The Labute approximate surface area is 145 Å². The van der Waals surface area contributed by atoms with Crippen LogP contribution >= 0.6 is 0 Å². The van der Waals surface area contributed by atoms with Gasteiger partial charge in [0.1, 0.15) is 12.3 Å². The number of ether oxygens (including phenoxy) is 2. The lowest BCUT2D eigenvalue weighted by atomic mass is 10.2. The Balaban J connectivity index is 1.67. The first-order valence-corrected chi connectivity index (χ1v) is 7.91. The number of methoxy groups -OCH3 is 1. The first-order chi connectivity index (χ1) is 12.1. The molecule has 2 heterocycles. The Morgan fingerprint density at radius 3 is 2.96 bits per heavy atom. The van der Waals surface area contributed by atoms with E-state index in [0.717, 1.165) is 5.56 Å². The van der Waals surface area contributed by atoms with Crippen LogP contribution in [0.5, 0.6) is 11.6 Å². The number of nitrogens with zero attached hydrogens (tertiary/aromatic N) is 2. The molecule has 3 rings (SSSR count). The molecule has 0 saturated carbocycles. The van der Waals surface area contributed by atoms with Crippen LogP contribution < -0.4 is 19.7 Å². The summed E-state index contributed by atoms with van der Waals surface area (Å²) in [6.45, 7) is 1.94. The third kappa shape index (κ3) is 3.71. The van der Waals surface area contributed by atoms with Crippen LogP contribution in [-0.2, 0) is 16.1 Å². The number of fused-ring (bicyclic) bond motifs is 1. The third-order valence-corrected chi connectivity index (χ3v) is 3.87. The highest BCUT2D eigenvalue weighted by molar-refractivity contribution is 6.03.